The molecule has 0 unspecified atom stereocenters. The van der Waals surface area contributed by atoms with Crippen molar-refractivity contribution in [3.8, 4) is 5.75 Å². The van der Waals surface area contributed by atoms with Crippen LogP contribution >= 0.6 is 0 Å². The smallest absolute Gasteiger partial charge is 0.294 e. The van der Waals surface area contributed by atoms with Crippen LogP contribution < -0.4 is 0 Å². The SMILES string of the molecule is CC(C)(C)c1cc(CCCO[N+](=O)[O-])cc(C(C)(C)C)c1O. The molecule has 5 nitrogen and oxygen atoms in total. The molecule has 5 heteroatoms. The Hall–Kier alpha value is -1.78. The average molecular weight is 309 g/mol. The molecule has 0 aliphatic heterocycles. The van der Waals surface area contributed by atoms with Gasteiger partial charge in [-0.1, -0.05) is 53.7 Å². The maximum atomic E-state index is 10.6. The molecule has 1 N–H and O–H groups in total. The Morgan fingerprint density at radius 1 is 1.09 bits per heavy atom. The second-order valence-electron chi connectivity index (χ2n) is 7.70. The Morgan fingerprint density at radius 3 is 1.91 bits per heavy atom. The molecule has 1 rings (SSSR count). The number of benzene rings is 1. The largest absolute Gasteiger partial charge is 0.507 e. The predicted octanol–water partition coefficient (Wildman–Crippen LogP) is 4.13. The molecule has 0 fully saturated rings. The number of hydrogen-bond donors (Lipinski definition) is 1. The van der Waals surface area contributed by atoms with E-state index in [0.29, 0.717) is 18.6 Å². The zero-order chi connectivity index (χ0) is 17.1. The lowest BCUT2D eigenvalue weighted by Crippen LogP contribution is -2.18. The number of rotatable bonds is 5. The van der Waals surface area contributed by atoms with E-state index in [4.69, 9.17) is 0 Å². The van der Waals surface area contributed by atoms with E-state index in [2.05, 4.69) is 46.4 Å². The normalized spacial score (nSPS) is 12.3. The third-order valence-corrected chi connectivity index (χ3v) is 3.59. The molecule has 0 aromatic heterocycles. The molecule has 22 heavy (non-hydrogen) atoms. The second-order valence-corrected chi connectivity index (χ2v) is 7.70. The molecule has 1 aromatic rings. The van der Waals surface area contributed by atoms with Crippen LogP contribution in [0.1, 0.15) is 64.7 Å². The molecule has 0 heterocycles. The Morgan fingerprint density at radius 2 is 1.55 bits per heavy atom. The van der Waals surface area contributed by atoms with Gasteiger partial charge in [0.1, 0.15) is 5.75 Å². The minimum Gasteiger partial charge on any atom is -0.507 e. The van der Waals surface area contributed by atoms with Gasteiger partial charge < -0.3 is 9.94 Å². The van der Waals surface area contributed by atoms with Gasteiger partial charge in [0.25, 0.3) is 5.09 Å². The molecular formula is C17H27NO4. The van der Waals surface area contributed by atoms with Crippen LogP contribution in [0.4, 0.5) is 0 Å². The van der Waals surface area contributed by atoms with Crippen LogP contribution in [-0.4, -0.2) is 16.8 Å². The first-order valence-corrected chi connectivity index (χ1v) is 7.57. The van der Waals surface area contributed by atoms with Gasteiger partial charge in [-0.15, -0.1) is 10.1 Å². The Bertz CT molecular complexity index is 504. The molecule has 0 spiro atoms. The first-order chi connectivity index (χ1) is 9.93. The van der Waals surface area contributed by atoms with Crippen LogP contribution in [0.3, 0.4) is 0 Å². The molecule has 1 aromatic carbocycles. The lowest BCUT2D eigenvalue weighted by atomic mass is 9.78. The van der Waals surface area contributed by atoms with Crippen molar-refractivity contribution in [2.75, 3.05) is 6.61 Å². The molecule has 0 saturated carbocycles. The highest BCUT2D eigenvalue weighted by Gasteiger charge is 2.26. The van der Waals surface area contributed by atoms with Crippen molar-refractivity contribution in [3.05, 3.63) is 38.9 Å². The summed E-state index contributed by atoms with van der Waals surface area (Å²) < 4.78 is 0. The quantitative estimate of drug-likeness (QED) is 0.504. The zero-order valence-corrected chi connectivity index (χ0v) is 14.4. The minimum atomic E-state index is -0.766. The summed E-state index contributed by atoms with van der Waals surface area (Å²) in [6, 6.07) is 3.99. The number of phenols is 1. The van der Waals surface area contributed by atoms with Crippen LogP contribution in [0.2, 0.25) is 0 Å². The molecule has 0 amide bonds. The van der Waals surface area contributed by atoms with Crippen LogP contribution in [0.5, 0.6) is 5.75 Å². The third-order valence-electron chi connectivity index (χ3n) is 3.59. The number of aromatic hydroxyl groups is 1. The Labute approximate surface area is 132 Å². The van der Waals surface area contributed by atoms with Gasteiger partial charge in [0, 0.05) is 0 Å². The van der Waals surface area contributed by atoms with E-state index in [1.165, 1.54) is 0 Å². The standard InChI is InChI=1S/C17H27NO4/c1-16(2,3)13-10-12(8-7-9-22-18(20)21)11-14(15(13)19)17(4,5)6/h10-11,19H,7-9H2,1-6H3. The van der Waals surface area contributed by atoms with Gasteiger partial charge in [0.05, 0.1) is 6.61 Å². The summed E-state index contributed by atoms with van der Waals surface area (Å²) in [5.74, 6) is 0.352. The summed E-state index contributed by atoms with van der Waals surface area (Å²) in [6.45, 7) is 12.5. The maximum absolute atomic E-state index is 10.6. The highest BCUT2D eigenvalue weighted by atomic mass is 16.9. The lowest BCUT2D eigenvalue weighted by molar-refractivity contribution is -0.757. The number of phenolic OH excluding ortho intramolecular Hbond substituents is 1. The topological polar surface area (TPSA) is 72.6 Å². The van der Waals surface area contributed by atoms with E-state index in [1.807, 2.05) is 12.1 Å². The maximum Gasteiger partial charge on any atom is 0.294 e. The van der Waals surface area contributed by atoms with E-state index in [0.717, 1.165) is 16.7 Å². The molecule has 0 radical (unpaired) electrons. The highest BCUT2D eigenvalue weighted by Crippen LogP contribution is 2.39. The number of nitrogens with zero attached hydrogens (tertiary/aromatic N) is 1. The fourth-order valence-corrected chi connectivity index (χ4v) is 2.40. The molecule has 0 bridgehead atoms. The molecule has 0 aliphatic carbocycles. The minimum absolute atomic E-state index is 0.0869. The van der Waals surface area contributed by atoms with E-state index in [9.17, 15) is 15.2 Å². The van der Waals surface area contributed by atoms with E-state index >= 15 is 0 Å². The zero-order valence-electron chi connectivity index (χ0n) is 14.4. The summed E-state index contributed by atoms with van der Waals surface area (Å²) >= 11 is 0. The monoisotopic (exact) mass is 309 g/mol. The van der Waals surface area contributed by atoms with Gasteiger partial charge in [-0.2, -0.15) is 0 Å². The van der Waals surface area contributed by atoms with Crippen molar-refractivity contribution >= 4 is 0 Å². The molecule has 0 saturated heterocycles. The summed E-state index contributed by atoms with van der Waals surface area (Å²) in [6.07, 6.45) is 1.25. The van der Waals surface area contributed by atoms with Crippen molar-refractivity contribution in [2.24, 2.45) is 0 Å². The van der Waals surface area contributed by atoms with E-state index in [1.54, 1.807) is 0 Å². The lowest BCUT2D eigenvalue weighted by Gasteiger charge is -2.28. The number of hydrogen-bond acceptors (Lipinski definition) is 4. The van der Waals surface area contributed by atoms with Gasteiger partial charge in [-0.25, -0.2) is 0 Å². The first-order valence-electron chi connectivity index (χ1n) is 7.57. The summed E-state index contributed by atoms with van der Waals surface area (Å²) in [5.41, 5.74) is 2.55. The van der Waals surface area contributed by atoms with Gasteiger partial charge in [0.2, 0.25) is 0 Å². The van der Waals surface area contributed by atoms with Crippen LogP contribution in [0, 0.1) is 10.1 Å². The predicted molar refractivity (Wildman–Crippen MR) is 86.8 cm³/mol. The summed E-state index contributed by atoms with van der Waals surface area (Å²) in [4.78, 5) is 14.5. The summed E-state index contributed by atoms with van der Waals surface area (Å²) in [5, 5.41) is 20.0. The van der Waals surface area contributed by atoms with Gasteiger partial charge in [0.15, 0.2) is 0 Å². The summed E-state index contributed by atoms with van der Waals surface area (Å²) in [7, 11) is 0. The third kappa shape index (κ3) is 4.90. The van der Waals surface area contributed by atoms with Crippen molar-refractivity contribution in [1.82, 2.24) is 0 Å². The van der Waals surface area contributed by atoms with E-state index in [-0.39, 0.29) is 17.4 Å². The van der Waals surface area contributed by atoms with Crippen LogP contribution in [0.15, 0.2) is 12.1 Å². The van der Waals surface area contributed by atoms with Crippen molar-refractivity contribution in [2.45, 2.75) is 65.2 Å². The second kappa shape index (κ2) is 6.55. The van der Waals surface area contributed by atoms with Crippen LogP contribution in [0.25, 0.3) is 0 Å². The Balaban J connectivity index is 3.10. The molecule has 0 atom stereocenters. The van der Waals surface area contributed by atoms with Gasteiger partial charge >= 0.3 is 0 Å². The molecule has 0 aliphatic rings. The fraction of sp³-hybridized carbons (Fsp3) is 0.647. The van der Waals surface area contributed by atoms with E-state index < -0.39 is 5.09 Å². The van der Waals surface area contributed by atoms with Gasteiger partial charge in [-0.3, -0.25) is 0 Å². The fourth-order valence-electron chi connectivity index (χ4n) is 2.40. The molecular weight excluding hydrogens is 282 g/mol. The highest BCUT2D eigenvalue weighted by molar-refractivity contribution is 5.49. The van der Waals surface area contributed by atoms with Crippen molar-refractivity contribution < 1.29 is 15.0 Å². The Kier molecular flexibility index (Phi) is 5.44. The average Bonchev–Trinajstić information content (AvgIpc) is 2.33. The van der Waals surface area contributed by atoms with Gasteiger partial charge in [-0.05, 0) is 40.4 Å². The van der Waals surface area contributed by atoms with Crippen LogP contribution in [-0.2, 0) is 22.1 Å². The van der Waals surface area contributed by atoms with Crippen molar-refractivity contribution in [1.29, 1.82) is 0 Å². The van der Waals surface area contributed by atoms with Crippen molar-refractivity contribution in [3.63, 3.8) is 0 Å². The first kappa shape index (κ1) is 18.3. The molecule has 124 valence electrons. The number of aryl methyl sites for hydroxylation is 1.